The van der Waals surface area contributed by atoms with E-state index in [9.17, 15) is 0 Å². The number of nitrogens with two attached hydrogens (primary N) is 1. The number of likely N-dealkylation sites (N-methyl/N-ethyl adjacent to an activating group) is 1. The molecule has 0 spiro atoms. The van der Waals surface area contributed by atoms with Gasteiger partial charge in [0.2, 0.25) is 0 Å². The van der Waals surface area contributed by atoms with Crippen molar-refractivity contribution in [1.82, 2.24) is 4.98 Å². The molecule has 1 aromatic rings. The van der Waals surface area contributed by atoms with Gasteiger partial charge in [-0.3, -0.25) is 4.98 Å². The minimum atomic E-state index is 0.256. The zero-order valence-electron chi connectivity index (χ0n) is 9.90. The lowest BCUT2D eigenvalue weighted by atomic mass is 10.3. The first-order valence-electron chi connectivity index (χ1n) is 5.24. The third kappa shape index (κ3) is 3.64. The van der Waals surface area contributed by atoms with Gasteiger partial charge in [0, 0.05) is 19.8 Å². The molecule has 1 heterocycles. The monoisotopic (exact) mass is 287 g/mol. The fourth-order valence-electron chi connectivity index (χ4n) is 1.38. The number of hydrogen-bond donors (Lipinski definition) is 1. The number of ether oxygens (including phenoxy) is 1. The van der Waals surface area contributed by atoms with E-state index < -0.39 is 0 Å². The quantitative estimate of drug-likeness (QED) is 0.903. The molecule has 0 fully saturated rings. The molecule has 0 radical (unpaired) electrons. The molecule has 0 bridgehead atoms. The average Bonchev–Trinajstić information content (AvgIpc) is 2.16. The second kappa shape index (κ2) is 6.06. The summed E-state index contributed by atoms with van der Waals surface area (Å²) >= 11 is 3.44. The Morgan fingerprint density at radius 3 is 2.75 bits per heavy atom. The molecule has 0 saturated carbocycles. The summed E-state index contributed by atoms with van der Waals surface area (Å²) in [5.41, 5.74) is 7.51. The minimum absolute atomic E-state index is 0.256. The number of nitrogens with zero attached hydrogens (tertiary/aromatic N) is 2. The summed E-state index contributed by atoms with van der Waals surface area (Å²) in [7, 11) is 1.99. The first kappa shape index (κ1) is 13.3. The molecule has 0 aliphatic heterocycles. The average molecular weight is 288 g/mol. The predicted molar refractivity (Wildman–Crippen MR) is 70.7 cm³/mol. The van der Waals surface area contributed by atoms with Gasteiger partial charge in [-0.2, -0.15) is 0 Å². The van der Waals surface area contributed by atoms with Crippen molar-refractivity contribution in [2.75, 3.05) is 30.8 Å². The number of rotatable bonds is 5. The number of pyridine rings is 1. The zero-order valence-corrected chi connectivity index (χ0v) is 11.5. The maximum atomic E-state index is 5.88. The number of anilines is 2. The molecule has 5 heteroatoms. The first-order chi connectivity index (χ1) is 7.52. The number of aromatic nitrogens is 1. The smallest absolute Gasteiger partial charge is 0.0774 e. The molecule has 1 aromatic heterocycles. The van der Waals surface area contributed by atoms with E-state index in [1.54, 1.807) is 12.4 Å². The van der Waals surface area contributed by atoms with Crippen molar-refractivity contribution in [1.29, 1.82) is 0 Å². The van der Waals surface area contributed by atoms with E-state index >= 15 is 0 Å². The van der Waals surface area contributed by atoms with Gasteiger partial charge in [0.1, 0.15) is 0 Å². The van der Waals surface area contributed by atoms with Crippen LogP contribution in [0.25, 0.3) is 0 Å². The Morgan fingerprint density at radius 2 is 2.19 bits per heavy atom. The van der Waals surface area contributed by atoms with E-state index in [1.807, 2.05) is 20.9 Å². The van der Waals surface area contributed by atoms with E-state index in [-0.39, 0.29) is 6.10 Å². The van der Waals surface area contributed by atoms with Crippen LogP contribution in [0.5, 0.6) is 0 Å². The molecular formula is C11H18BrN3O. The molecule has 1 rings (SSSR count). The molecule has 16 heavy (non-hydrogen) atoms. The second-order valence-corrected chi connectivity index (χ2v) is 4.75. The van der Waals surface area contributed by atoms with Gasteiger partial charge in [-0.15, -0.1) is 0 Å². The van der Waals surface area contributed by atoms with Crippen LogP contribution in [0.1, 0.15) is 13.8 Å². The topological polar surface area (TPSA) is 51.4 Å². The van der Waals surface area contributed by atoms with E-state index in [4.69, 9.17) is 10.5 Å². The summed E-state index contributed by atoms with van der Waals surface area (Å²) < 4.78 is 6.40. The molecule has 0 atom stereocenters. The molecule has 90 valence electrons. The Kier molecular flexibility index (Phi) is 5.02. The normalized spacial score (nSPS) is 10.8. The molecule has 0 aromatic carbocycles. The lowest BCUT2D eigenvalue weighted by molar-refractivity contribution is 0.0846. The van der Waals surface area contributed by atoms with Gasteiger partial charge in [-0.1, -0.05) is 0 Å². The summed E-state index contributed by atoms with van der Waals surface area (Å²) in [4.78, 5) is 6.06. The zero-order chi connectivity index (χ0) is 12.1. The highest BCUT2D eigenvalue weighted by atomic mass is 79.9. The summed E-state index contributed by atoms with van der Waals surface area (Å²) in [6, 6.07) is 0. The summed E-state index contributed by atoms with van der Waals surface area (Å²) in [5.74, 6) is 0. The van der Waals surface area contributed by atoms with Crippen LogP contribution in [0.2, 0.25) is 0 Å². The minimum Gasteiger partial charge on any atom is -0.396 e. The van der Waals surface area contributed by atoms with Crippen molar-refractivity contribution in [2.45, 2.75) is 20.0 Å². The maximum absolute atomic E-state index is 5.88. The van der Waals surface area contributed by atoms with Crippen LogP contribution in [0.15, 0.2) is 16.9 Å². The Labute approximate surface area is 105 Å². The Hall–Kier alpha value is -0.810. The molecule has 0 aliphatic rings. The fraction of sp³-hybridized carbons (Fsp3) is 0.545. The third-order valence-electron chi connectivity index (χ3n) is 2.16. The largest absolute Gasteiger partial charge is 0.396 e. The second-order valence-electron chi connectivity index (χ2n) is 3.90. The van der Waals surface area contributed by atoms with Crippen molar-refractivity contribution in [3.8, 4) is 0 Å². The molecule has 0 saturated heterocycles. The van der Waals surface area contributed by atoms with Crippen molar-refractivity contribution in [3.63, 3.8) is 0 Å². The lowest BCUT2D eigenvalue weighted by Crippen LogP contribution is -2.25. The van der Waals surface area contributed by atoms with Gasteiger partial charge in [-0.25, -0.2) is 0 Å². The lowest BCUT2D eigenvalue weighted by Gasteiger charge is -2.22. The van der Waals surface area contributed by atoms with E-state index in [0.717, 1.165) is 16.7 Å². The highest BCUT2D eigenvalue weighted by Gasteiger charge is 2.09. The molecule has 2 N–H and O–H groups in total. The molecular weight excluding hydrogens is 270 g/mol. The van der Waals surface area contributed by atoms with E-state index in [1.165, 1.54) is 0 Å². The van der Waals surface area contributed by atoms with Gasteiger partial charge >= 0.3 is 0 Å². The number of halogens is 1. The number of nitrogen functional groups attached to an aromatic ring is 1. The van der Waals surface area contributed by atoms with Gasteiger partial charge in [0.15, 0.2) is 0 Å². The Balaban J connectivity index is 2.62. The highest BCUT2D eigenvalue weighted by Crippen LogP contribution is 2.29. The molecule has 4 nitrogen and oxygen atoms in total. The molecule has 0 aliphatic carbocycles. The summed E-state index contributed by atoms with van der Waals surface area (Å²) in [6.07, 6.45) is 3.65. The van der Waals surface area contributed by atoms with Crippen molar-refractivity contribution < 1.29 is 4.74 Å². The van der Waals surface area contributed by atoms with Gasteiger partial charge in [0.25, 0.3) is 0 Å². The van der Waals surface area contributed by atoms with Crippen molar-refractivity contribution in [2.24, 2.45) is 0 Å². The van der Waals surface area contributed by atoms with Crippen LogP contribution in [-0.2, 0) is 4.74 Å². The predicted octanol–water partition coefficient (Wildman–Crippen LogP) is 2.29. The van der Waals surface area contributed by atoms with Gasteiger partial charge < -0.3 is 15.4 Å². The molecule has 0 unspecified atom stereocenters. The van der Waals surface area contributed by atoms with Crippen LogP contribution < -0.4 is 10.6 Å². The first-order valence-corrected chi connectivity index (χ1v) is 6.03. The fourth-order valence-corrected chi connectivity index (χ4v) is 2.03. The van der Waals surface area contributed by atoms with Crippen molar-refractivity contribution >= 4 is 27.3 Å². The Bertz CT molecular complexity index is 324. The van der Waals surface area contributed by atoms with Crippen molar-refractivity contribution in [3.05, 3.63) is 16.9 Å². The SMILES string of the molecule is CC(C)OCCN(C)c1c(N)cncc1Br. The van der Waals surface area contributed by atoms with Gasteiger partial charge in [-0.05, 0) is 29.8 Å². The maximum Gasteiger partial charge on any atom is 0.0774 e. The summed E-state index contributed by atoms with van der Waals surface area (Å²) in [6.45, 7) is 5.53. The standard InChI is InChI=1S/C11H18BrN3O/c1-8(2)16-5-4-15(3)11-9(12)6-14-7-10(11)13/h6-8H,4-5,13H2,1-3H3. The highest BCUT2D eigenvalue weighted by molar-refractivity contribution is 9.10. The van der Waals surface area contributed by atoms with Gasteiger partial charge in [0.05, 0.1) is 34.8 Å². The van der Waals surface area contributed by atoms with Crippen LogP contribution in [0, 0.1) is 0 Å². The van der Waals surface area contributed by atoms with Crippen LogP contribution >= 0.6 is 15.9 Å². The summed E-state index contributed by atoms with van der Waals surface area (Å²) in [5, 5.41) is 0. The van der Waals surface area contributed by atoms with E-state index in [2.05, 4.69) is 25.8 Å². The third-order valence-corrected chi connectivity index (χ3v) is 2.74. The van der Waals surface area contributed by atoms with Crippen LogP contribution in [0.4, 0.5) is 11.4 Å². The van der Waals surface area contributed by atoms with Crippen LogP contribution in [-0.4, -0.2) is 31.3 Å². The number of hydrogen-bond acceptors (Lipinski definition) is 4. The molecule has 0 amide bonds. The van der Waals surface area contributed by atoms with Crippen LogP contribution in [0.3, 0.4) is 0 Å². The van der Waals surface area contributed by atoms with E-state index in [0.29, 0.717) is 12.3 Å². The Morgan fingerprint density at radius 1 is 1.50 bits per heavy atom.